The molecular weight excluding hydrogens is 208 g/mol. The minimum absolute atomic E-state index is 0.447. The molecule has 1 unspecified atom stereocenters. The number of fused-ring (bicyclic) bond motifs is 1. The van der Waals surface area contributed by atoms with Gasteiger partial charge < -0.3 is 10.3 Å². The second kappa shape index (κ2) is 4.19. The summed E-state index contributed by atoms with van der Waals surface area (Å²) in [5, 5.41) is 1.36. The van der Waals surface area contributed by atoms with Crippen LogP contribution in [0.5, 0.6) is 0 Å². The van der Waals surface area contributed by atoms with Gasteiger partial charge in [0.25, 0.3) is 0 Å². The molecule has 0 aliphatic heterocycles. The lowest BCUT2D eigenvalue weighted by atomic mass is 9.92. The molecule has 0 spiro atoms. The number of nitrogens with two attached hydrogens (primary N) is 1. The van der Waals surface area contributed by atoms with Crippen molar-refractivity contribution in [3.63, 3.8) is 0 Å². The first-order chi connectivity index (χ1) is 8.31. The van der Waals surface area contributed by atoms with Gasteiger partial charge in [0.1, 0.15) is 0 Å². The summed E-state index contributed by atoms with van der Waals surface area (Å²) in [6.07, 6.45) is 4.01. The lowest BCUT2D eigenvalue weighted by molar-refractivity contribution is 0.312. The molecule has 2 N–H and O–H groups in total. The molecule has 2 aromatic rings. The van der Waals surface area contributed by atoms with Gasteiger partial charge in [-0.15, -0.1) is 0 Å². The molecule has 1 atom stereocenters. The van der Waals surface area contributed by atoms with Crippen LogP contribution < -0.4 is 5.73 Å². The highest BCUT2D eigenvalue weighted by molar-refractivity contribution is 5.81. The summed E-state index contributed by atoms with van der Waals surface area (Å²) >= 11 is 0. The second-order valence-electron chi connectivity index (χ2n) is 5.22. The molecule has 1 aromatic heterocycles. The maximum atomic E-state index is 5.84. The van der Waals surface area contributed by atoms with Crippen molar-refractivity contribution in [1.29, 1.82) is 0 Å². The fourth-order valence-corrected chi connectivity index (χ4v) is 2.75. The van der Waals surface area contributed by atoms with Crippen LogP contribution in [0.1, 0.15) is 43.8 Å². The van der Waals surface area contributed by atoms with Crippen LogP contribution in [0.25, 0.3) is 10.9 Å². The van der Waals surface area contributed by atoms with Crippen molar-refractivity contribution in [3.8, 4) is 0 Å². The minimum atomic E-state index is 0.447. The minimum Gasteiger partial charge on any atom is -0.341 e. The molecule has 2 nitrogen and oxygen atoms in total. The third-order valence-electron chi connectivity index (χ3n) is 4.08. The molecule has 0 radical (unpaired) electrons. The van der Waals surface area contributed by atoms with Gasteiger partial charge in [-0.2, -0.15) is 0 Å². The van der Waals surface area contributed by atoms with E-state index < -0.39 is 0 Å². The highest BCUT2D eigenvalue weighted by atomic mass is 15.0. The topological polar surface area (TPSA) is 30.9 Å². The predicted molar refractivity (Wildman–Crippen MR) is 72.3 cm³/mol. The van der Waals surface area contributed by atoms with E-state index in [1.165, 1.54) is 35.9 Å². The Morgan fingerprint density at radius 3 is 2.76 bits per heavy atom. The van der Waals surface area contributed by atoms with Crippen LogP contribution in [-0.2, 0) is 0 Å². The molecule has 1 aromatic carbocycles. The van der Waals surface area contributed by atoms with Gasteiger partial charge in [-0.25, -0.2) is 0 Å². The second-order valence-corrected chi connectivity index (χ2v) is 5.22. The molecule has 3 rings (SSSR count). The maximum Gasteiger partial charge on any atom is 0.0485 e. The van der Waals surface area contributed by atoms with Gasteiger partial charge in [0, 0.05) is 29.7 Å². The zero-order valence-corrected chi connectivity index (χ0v) is 10.4. The Kier molecular flexibility index (Phi) is 2.67. The van der Waals surface area contributed by atoms with Gasteiger partial charge in [-0.05, 0) is 36.8 Å². The van der Waals surface area contributed by atoms with Gasteiger partial charge in [0.15, 0.2) is 0 Å². The molecule has 1 fully saturated rings. The van der Waals surface area contributed by atoms with Crippen molar-refractivity contribution in [1.82, 2.24) is 4.57 Å². The average molecular weight is 228 g/mol. The molecule has 1 aliphatic rings. The van der Waals surface area contributed by atoms with E-state index in [1.54, 1.807) is 0 Å². The summed E-state index contributed by atoms with van der Waals surface area (Å²) in [5.74, 6) is 0.447. The molecule has 1 heterocycles. The number of nitrogens with zero attached hydrogens (tertiary/aromatic N) is 1. The molecular formula is C15H20N2. The monoisotopic (exact) mass is 228 g/mol. The SMILES string of the molecule is CC(CN)c1cc2ccccc2n1C1CCC1. The van der Waals surface area contributed by atoms with E-state index in [9.17, 15) is 0 Å². The molecule has 0 bridgehead atoms. The van der Waals surface area contributed by atoms with E-state index in [1.807, 2.05) is 0 Å². The van der Waals surface area contributed by atoms with Crippen LogP contribution in [0.4, 0.5) is 0 Å². The van der Waals surface area contributed by atoms with Gasteiger partial charge in [0.2, 0.25) is 0 Å². The molecule has 2 heteroatoms. The summed E-state index contributed by atoms with van der Waals surface area (Å²) in [6, 6.07) is 11.7. The lowest BCUT2D eigenvalue weighted by Crippen LogP contribution is -2.21. The lowest BCUT2D eigenvalue weighted by Gasteiger charge is -2.31. The first-order valence-electron chi connectivity index (χ1n) is 6.61. The Balaban J connectivity index is 2.18. The van der Waals surface area contributed by atoms with E-state index in [-0.39, 0.29) is 0 Å². The van der Waals surface area contributed by atoms with Crippen molar-refractivity contribution in [2.75, 3.05) is 6.54 Å². The summed E-state index contributed by atoms with van der Waals surface area (Å²) < 4.78 is 2.54. The van der Waals surface area contributed by atoms with E-state index in [2.05, 4.69) is 41.8 Å². The van der Waals surface area contributed by atoms with E-state index >= 15 is 0 Å². The van der Waals surface area contributed by atoms with Crippen LogP contribution in [0.2, 0.25) is 0 Å². The largest absolute Gasteiger partial charge is 0.341 e. The van der Waals surface area contributed by atoms with Gasteiger partial charge in [-0.1, -0.05) is 25.1 Å². The number of hydrogen-bond donors (Lipinski definition) is 1. The first kappa shape index (κ1) is 10.8. The van der Waals surface area contributed by atoms with E-state index in [4.69, 9.17) is 5.73 Å². The van der Waals surface area contributed by atoms with Crippen molar-refractivity contribution >= 4 is 10.9 Å². The van der Waals surface area contributed by atoms with E-state index in [0.717, 1.165) is 6.54 Å². The van der Waals surface area contributed by atoms with Gasteiger partial charge >= 0.3 is 0 Å². The molecule has 90 valence electrons. The highest BCUT2D eigenvalue weighted by Crippen LogP contribution is 2.38. The van der Waals surface area contributed by atoms with Crippen molar-refractivity contribution in [3.05, 3.63) is 36.0 Å². The van der Waals surface area contributed by atoms with Crippen LogP contribution in [0, 0.1) is 0 Å². The number of hydrogen-bond acceptors (Lipinski definition) is 1. The molecule has 1 aliphatic carbocycles. The molecule has 0 saturated heterocycles. The molecule has 17 heavy (non-hydrogen) atoms. The quantitative estimate of drug-likeness (QED) is 0.857. The normalized spacial score (nSPS) is 18.2. The van der Waals surface area contributed by atoms with Crippen LogP contribution in [0.15, 0.2) is 30.3 Å². The Labute approximate surface area is 102 Å². The number of aromatic nitrogens is 1. The Morgan fingerprint density at radius 1 is 1.35 bits per heavy atom. The van der Waals surface area contributed by atoms with Crippen LogP contribution in [-0.4, -0.2) is 11.1 Å². The highest BCUT2D eigenvalue weighted by Gasteiger charge is 2.24. The zero-order chi connectivity index (χ0) is 11.8. The summed E-state index contributed by atoms with van der Waals surface area (Å²) in [6.45, 7) is 2.95. The summed E-state index contributed by atoms with van der Waals surface area (Å²) in [4.78, 5) is 0. The Hall–Kier alpha value is -1.28. The number of para-hydroxylation sites is 1. The van der Waals surface area contributed by atoms with Crippen LogP contribution >= 0.6 is 0 Å². The number of rotatable bonds is 3. The molecule has 1 saturated carbocycles. The predicted octanol–water partition coefficient (Wildman–Crippen LogP) is 3.43. The third-order valence-corrected chi connectivity index (χ3v) is 4.08. The van der Waals surface area contributed by atoms with E-state index in [0.29, 0.717) is 12.0 Å². The summed E-state index contributed by atoms with van der Waals surface area (Å²) in [5.41, 5.74) is 8.64. The van der Waals surface area contributed by atoms with Crippen LogP contribution in [0.3, 0.4) is 0 Å². The van der Waals surface area contributed by atoms with Crippen molar-refractivity contribution < 1.29 is 0 Å². The van der Waals surface area contributed by atoms with Crippen molar-refractivity contribution in [2.24, 2.45) is 5.73 Å². The van der Waals surface area contributed by atoms with Crippen molar-refractivity contribution in [2.45, 2.75) is 38.1 Å². The molecule has 0 amide bonds. The third kappa shape index (κ3) is 1.67. The van der Waals surface area contributed by atoms with Gasteiger partial charge in [0.05, 0.1) is 0 Å². The maximum absolute atomic E-state index is 5.84. The standard InChI is InChI=1S/C15H20N2/c1-11(10-16)15-9-12-5-2-3-8-14(12)17(15)13-6-4-7-13/h2-3,5,8-9,11,13H,4,6-7,10,16H2,1H3. The summed E-state index contributed by atoms with van der Waals surface area (Å²) in [7, 11) is 0. The smallest absolute Gasteiger partial charge is 0.0485 e. The fourth-order valence-electron chi connectivity index (χ4n) is 2.75. The Bertz CT molecular complexity index is 523. The zero-order valence-electron chi connectivity index (χ0n) is 10.4. The first-order valence-corrected chi connectivity index (χ1v) is 6.61. The van der Waals surface area contributed by atoms with Gasteiger partial charge in [-0.3, -0.25) is 0 Å². The number of benzene rings is 1. The fraction of sp³-hybridized carbons (Fsp3) is 0.467. The average Bonchev–Trinajstić information content (AvgIpc) is 2.66. The Morgan fingerprint density at radius 2 is 2.12 bits per heavy atom.